The van der Waals surface area contributed by atoms with Gasteiger partial charge in [0.1, 0.15) is 24.0 Å². The predicted octanol–water partition coefficient (Wildman–Crippen LogP) is 6.95. The van der Waals surface area contributed by atoms with Gasteiger partial charge in [-0.3, -0.25) is 4.79 Å². The molecule has 0 aliphatic rings. The maximum absolute atomic E-state index is 12.7. The van der Waals surface area contributed by atoms with Crippen molar-refractivity contribution in [2.45, 2.75) is 13.2 Å². The molecule has 0 unspecified atom stereocenters. The van der Waals surface area contributed by atoms with Crippen LogP contribution in [0.25, 0.3) is 16.8 Å². The fourth-order valence-corrected chi connectivity index (χ4v) is 4.15. The maximum Gasteiger partial charge on any atom is 0.262 e. The number of carbonyl (C=O) groups is 1. The standard InChI is InChI=1S/C28H20Cl2N2O2/c29-24-14-22(13-23(16-31)28(33)32-17-19-7-2-1-3-8-19)27(26(30)15-24)34-18-21-11-6-10-20-9-4-5-12-25(20)21/h1-15H,17-18H2,(H,32,33)/b23-13+. The monoisotopic (exact) mass is 486 g/mol. The molecule has 1 N–H and O–H groups in total. The third-order valence-corrected chi connectivity index (χ3v) is 5.75. The Kier molecular flexibility index (Phi) is 7.49. The van der Waals surface area contributed by atoms with Crippen LogP contribution in [0.2, 0.25) is 10.0 Å². The second-order valence-corrected chi connectivity index (χ2v) is 8.41. The summed E-state index contributed by atoms with van der Waals surface area (Å²) in [5.41, 5.74) is 2.28. The number of ether oxygens (including phenoxy) is 1. The molecule has 0 heterocycles. The van der Waals surface area contributed by atoms with Gasteiger partial charge < -0.3 is 10.1 Å². The van der Waals surface area contributed by atoms with Gasteiger partial charge in [-0.1, -0.05) is 96.0 Å². The Bertz CT molecular complexity index is 1400. The molecule has 4 aromatic carbocycles. The minimum absolute atomic E-state index is 0.0794. The molecule has 0 aromatic heterocycles. The zero-order valence-electron chi connectivity index (χ0n) is 18.1. The van der Waals surface area contributed by atoms with Crippen LogP contribution in [-0.4, -0.2) is 5.91 Å². The normalized spacial score (nSPS) is 11.1. The Morgan fingerprint density at radius 1 is 0.971 bits per heavy atom. The van der Waals surface area contributed by atoms with Crippen molar-refractivity contribution >= 4 is 46.0 Å². The number of halogens is 2. The Hall–Kier alpha value is -3.78. The lowest BCUT2D eigenvalue weighted by Crippen LogP contribution is -2.23. The number of nitriles is 1. The molecule has 0 aliphatic carbocycles. The quantitative estimate of drug-likeness (QED) is 0.227. The summed E-state index contributed by atoms with van der Waals surface area (Å²) < 4.78 is 6.10. The van der Waals surface area contributed by atoms with Crippen LogP contribution in [0.5, 0.6) is 5.75 Å². The summed E-state index contributed by atoms with van der Waals surface area (Å²) >= 11 is 12.7. The van der Waals surface area contributed by atoms with Gasteiger partial charge in [0.15, 0.2) is 0 Å². The highest BCUT2D eigenvalue weighted by molar-refractivity contribution is 6.36. The Morgan fingerprint density at radius 2 is 1.71 bits per heavy atom. The number of fused-ring (bicyclic) bond motifs is 1. The Morgan fingerprint density at radius 3 is 2.50 bits per heavy atom. The van der Waals surface area contributed by atoms with Gasteiger partial charge in [0.2, 0.25) is 0 Å². The molecule has 0 spiro atoms. The molecule has 4 rings (SSSR count). The summed E-state index contributed by atoms with van der Waals surface area (Å²) in [7, 11) is 0. The average Bonchev–Trinajstić information content (AvgIpc) is 2.85. The van der Waals surface area contributed by atoms with E-state index in [9.17, 15) is 10.1 Å². The van der Waals surface area contributed by atoms with E-state index in [2.05, 4.69) is 5.32 Å². The molecular weight excluding hydrogens is 467 g/mol. The van der Waals surface area contributed by atoms with Gasteiger partial charge in [0, 0.05) is 17.1 Å². The fraction of sp³-hybridized carbons (Fsp3) is 0.0714. The molecule has 0 fully saturated rings. The van der Waals surface area contributed by atoms with Crippen LogP contribution in [0.15, 0.2) is 90.5 Å². The Balaban J connectivity index is 1.59. The van der Waals surface area contributed by atoms with Crippen LogP contribution < -0.4 is 10.1 Å². The summed E-state index contributed by atoms with van der Waals surface area (Å²) in [5.74, 6) is -0.148. The number of nitrogens with one attached hydrogen (secondary N) is 1. The van der Waals surface area contributed by atoms with Gasteiger partial charge >= 0.3 is 0 Å². The van der Waals surface area contributed by atoms with E-state index in [4.69, 9.17) is 27.9 Å². The van der Waals surface area contributed by atoms with E-state index < -0.39 is 5.91 Å². The van der Waals surface area contributed by atoms with Crippen LogP contribution in [0, 0.1) is 11.3 Å². The van der Waals surface area contributed by atoms with E-state index in [0.717, 1.165) is 21.9 Å². The number of rotatable bonds is 7. The van der Waals surface area contributed by atoms with Gasteiger partial charge in [-0.15, -0.1) is 0 Å². The zero-order chi connectivity index (χ0) is 23.9. The first kappa shape index (κ1) is 23.4. The molecule has 0 atom stereocenters. The van der Waals surface area contributed by atoms with E-state index in [1.165, 1.54) is 6.08 Å². The van der Waals surface area contributed by atoms with Crippen LogP contribution in [0.4, 0.5) is 0 Å². The minimum Gasteiger partial charge on any atom is -0.487 e. The average molecular weight is 487 g/mol. The predicted molar refractivity (Wildman–Crippen MR) is 137 cm³/mol. The molecule has 0 bridgehead atoms. The van der Waals surface area contributed by atoms with Gasteiger partial charge in [0.05, 0.1) is 5.02 Å². The van der Waals surface area contributed by atoms with Crippen molar-refractivity contribution in [2.24, 2.45) is 0 Å². The fourth-order valence-electron chi connectivity index (χ4n) is 3.59. The first-order valence-electron chi connectivity index (χ1n) is 10.6. The van der Waals surface area contributed by atoms with Crippen molar-refractivity contribution in [1.82, 2.24) is 5.32 Å². The molecule has 0 saturated heterocycles. The summed E-state index contributed by atoms with van der Waals surface area (Å²) in [6, 6.07) is 28.6. The number of benzene rings is 4. The molecule has 4 aromatic rings. The van der Waals surface area contributed by atoms with Crippen LogP contribution in [0.1, 0.15) is 16.7 Å². The third-order valence-electron chi connectivity index (χ3n) is 5.25. The Labute approximate surface area is 208 Å². The molecule has 1 amide bonds. The number of hydrogen-bond donors (Lipinski definition) is 1. The van der Waals surface area contributed by atoms with Crippen molar-refractivity contribution in [1.29, 1.82) is 5.26 Å². The highest BCUT2D eigenvalue weighted by Gasteiger charge is 2.15. The minimum atomic E-state index is -0.498. The smallest absolute Gasteiger partial charge is 0.262 e. The maximum atomic E-state index is 12.7. The lowest BCUT2D eigenvalue weighted by atomic mass is 10.1. The van der Waals surface area contributed by atoms with Crippen molar-refractivity contribution in [3.8, 4) is 11.8 Å². The topological polar surface area (TPSA) is 62.1 Å². The number of hydrogen-bond acceptors (Lipinski definition) is 3. The van der Waals surface area contributed by atoms with Crippen LogP contribution in [-0.2, 0) is 17.9 Å². The lowest BCUT2D eigenvalue weighted by Gasteiger charge is -2.14. The van der Waals surface area contributed by atoms with Gasteiger partial charge in [-0.2, -0.15) is 5.26 Å². The summed E-state index contributed by atoms with van der Waals surface area (Å²) in [5, 5.41) is 15.2. The third kappa shape index (κ3) is 5.58. The van der Waals surface area contributed by atoms with E-state index in [1.807, 2.05) is 78.9 Å². The van der Waals surface area contributed by atoms with E-state index >= 15 is 0 Å². The molecule has 6 heteroatoms. The summed E-state index contributed by atoms with van der Waals surface area (Å²) in [4.78, 5) is 12.7. The van der Waals surface area contributed by atoms with Gasteiger partial charge in [-0.05, 0) is 40.1 Å². The lowest BCUT2D eigenvalue weighted by molar-refractivity contribution is -0.117. The van der Waals surface area contributed by atoms with Crippen molar-refractivity contribution in [3.63, 3.8) is 0 Å². The van der Waals surface area contributed by atoms with Crippen molar-refractivity contribution < 1.29 is 9.53 Å². The SMILES string of the molecule is N#C/C(=C\c1cc(Cl)cc(Cl)c1OCc1cccc2ccccc12)C(=O)NCc1ccccc1. The van der Waals surface area contributed by atoms with E-state index in [1.54, 1.807) is 12.1 Å². The zero-order valence-corrected chi connectivity index (χ0v) is 19.6. The van der Waals surface area contributed by atoms with E-state index in [0.29, 0.717) is 27.9 Å². The molecule has 0 saturated carbocycles. The molecule has 168 valence electrons. The van der Waals surface area contributed by atoms with Gasteiger partial charge in [-0.25, -0.2) is 0 Å². The highest BCUT2D eigenvalue weighted by Crippen LogP contribution is 2.35. The largest absolute Gasteiger partial charge is 0.487 e. The van der Waals surface area contributed by atoms with Crippen LogP contribution >= 0.6 is 23.2 Å². The molecule has 34 heavy (non-hydrogen) atoms. The second kappa shape index (κ2) is 10.9. The summed E-state index contributed by atoms with van der Waals surface area (Å²) in [6.07, 6.45) is 1.44. The molecule has 0 radical (unpaired) electrons. The van der Waals surface area contributed by atoms with Gasteiger partial charge in [0.25, 0.3) is 5.91 Å². The first-order chi connectivity index (χ1) is 16.5. The number of amides is 1. The number of nitrogens with zero attached hydrogens (tertiary/aromatic N) is 1. The number of carbonyl (C=O) groups excluding carboxylic acids is 1. The second-order valence-electron chi connectivity index (χ2n) is 7.57. The van der Waals surface area contributed by atoms with Crippen molar-refractivity contribution in [3.05, 3.63) is 117 Å². The molecular formula is C28H20Cl2N2O2. The molecule has 4 nitrogen and oxygen atoms in total. The first-order valence-corrected chi connectivity index (χ1v) is 11.3. The van der Waals surface area contributed by atoms with Crippen LogP contribution in [0.3, 0.4) is 0 Å². The van der Waals surface area contributed by atoms with E-state index in [-0.39, 0.29) is 12.2 Å². The highest BCUT2D eigenvalue weighted by atomic mass is 35.5. The van der Waals surface area contributed by atoms with Crippen molar-refractivity contribution in [2.75, 3.05) is 0 Å². The molecule has 0 aliphatic heterocycles. The summed E-state index contributed by atoms with van der Waals surface area (Å²) in [6.45, 7) is 0.561.